The zero-order valence-electron chi connectivity index (χ0n) is 32.5. The SMILES string of the molecule is CCSCC(=O)N[C@@H](C)C(=O)N[C@@H](Cc1ccccc1)C(=O)N[C@H](Cc1c[nH]c2ccccc12)C(=O)N[C@@H](CCCCN)C(=O)N[C@H](C(=O)NCC(N)=O)[C@@H](C)O. The molecule has 0 aliphatic carbocycles. The number of unbranched alkanes of at least 4 members (excludes halogenated alkanes) is 1. The summed E-state index contributed by atoms with van der Waals surface area (Å²) in [4.78, 5) is 95.1. The van der Waals surface area contributed by atoms with Crippen LogP contribution in [0.4, 0.5) is 0 Å². The molecule has 18 heteroatoms. The van der Waals surface area contributed by atoms with Gasteiger partial charge in [-0.25, -0.2) is 0 Å². The van der Waals surface area contributed by atoms with Crippen LogP contribution in [-0.4, -0.2) is 112 Å². The van der Waals surface area contributed by atoms with Crippen molar-refractivity contribution in [3.8, 4) is 0 Å². The molecule has 0 fully saturated rings. The van der Waals surface area contributed by atoms with Gasteiger partial charge in [-0.1, -0.05) is 55.5 Å². The minimum absolute atomic E-state index is 0.0297. The van der Waals surface area contributed by atoms with E-state index >= 15 is 0 Å². The molecule has 0 spiro atoms. The van der Waals surface area contributed by atoms with Gasteiger partial charge in [0.1, 0.15) is 30.2 Å². The first kappa shape index (κ1) is 45.9. The van der Waals surface area contributed by atoms with Gasteiger partial charge in [0.05, 0.1) is 18.4 Å². The third kappa shape index (κ3) is 15.2. The van der Waals surface area contributed by atoms with Crippen molar-refractivity contribution in [2.75, 3.05) is 24.6 Å². The second-order valence-electron chi connectivity index (χ2n) is 13.6. The Bertz CT molecular complexity index is 1820. The number of thioether (sulfide) groups is 1. The van der Waals surface area contributed by atoms with Gasteiger partial charge in [-0.2, -0.15) is 11.8 Å². The number of hydrogen-bond donors (Lipinski definition) is 10. The number of primary amides is 1. The van der Waals surface area contributed by atoms with Gasteiger partial charge in [0.25, 0.3) is 0 Å². The average Bonchev–Trinajstić information content (AvgIpc) is 3.59. The van der Waals surface area contributed by atoms with E-state index < -0.39 is 78.3 Å². The molecule has 0 radical (unpaired) electrons. The van der Waals surface area contributed by atoms with Crippen molar-refractivity contribution in [1.29, 1.82) is 0 Å². The summed E-state index contributed by atoms with van der Waals surface area (Å²) in [5.41, 5.74) is 13.0. The molecule has 17 nitrogen and oxygen atoms in total. The number of carbonyl (C=O) groups excluding carboxylic acids is 7. The predicted octanol–water partition coefficient (Wildman–Crippen LogP) is -0.739. The summed E-state index contributed by atoms with van der Waals surface area (Å²) in [6.07, 6.45) is 1.34. The smallest absolute Gasteiger partial charge is 0.245 e. The quantitative estimate of drug-likeness (QED) is 0.0506. The number of aliphatic hydroxyl groups is 1. The number of amides is 7. The topological polar surface area (TPSA) is 280 Å². The molecule has 0 saturated heterocycles. The highest BCUT2D eigenvalue weighted by molar-refractivity contribution is 7.99. The highest BCUT2D eigenvalue weighted by Gasteiger charge is 2.33. The second kappa shape index (κ2) is 23.6. The monoisotopic (exact) mass is 809 g/mol. The first-order chi connectivity index (χ1) is 27.2. The summed E-state index contributed by atoms with van der Waals surface area (Å²) in [7, 11) is 0. The number of nitrogens with one attached hydrogen (secondary N) is 7. The molecule has 1 heterocycles. The molecule has 0 unspecified atom stereocenters. The molecule has 57 heavy (non-hydrogen) atoms. The summed E-state index contributed by atoms with van der Waals surface area (Å²) in [6.45, 7) is 4.47. The summed E-state index contributed by atoms with van der Waals surface area (Å²) in [6, 6.07) is 10.2. The van der Waals surface area contributed by atoms with E-state index in [-0.39, 0.29) is 30.9 Å². The third-order valence-electron chi connectivity index (χ3n) is 8.94. The number of para-hydroxylation sites is 1. The zero-order valence-corrected chi connectivity index (χ0v) is 33.3. The number of nitrogens with two attached hydrogens (primary N) is 2. The van der Waals surface area contributed by atoms with Gasteiger partial charge in [0.2, 0.25) is 41.4 Å². The van der Waals surface area contributed by atoms with E-state index in [1.807, 2.05) is 37.3 Å². The highest BCUT2D eigenvalue weighted by atomic mass is 32.2. The van der Waals surface area contributed by atoms with Gasteiger partial charge in [-0.3, -0.25) is 33.6 Å². The normalized spacial score (nSPS) is 14.2. The number of H-pyrrole nitrogens is 1. The molecule has 310 valence electrons. The van der Waals surface area contributed by atoms with Crippen LogP contribution in [0.5, 0.6) is 0 Å². The second-order valence-corrected chi connectivity index (χ2v) is 14.8. The number of aromatic amines is 1. The first-order valence-electron chi connectivity index (χ1n) is 18.9. The van der Waals surface area contributed by atoms with E-state index in [0.29, 0.717) is 24.9 Å². The Balaban J connectivity index is 1.93. The molecule has 6 atom stereocenters. The van der Waals surface area contributed by atoms with Gasteiger partial charge in [-0.15, -0.1) is 0 Å². The van der Waals surface area contributed by atoms with Crippen LogP contribution in [0.2, 0.25) is 0 Å². The lowest BCUT2D eigenvalue weighted by Gasteiger charge is -2.27. The molecule has 1 aromatic heterocycles. The minimum Gasteiger partial charge on any atom is -0.391 e. The molecule has 0 bridgehead atoms. The molecule has 3 rings (SSSR count). The molecular weight excluding hydrogens is 755 g/mol. The predicted molar refractivity (Wildman–Crippen MR) is 217 cm³/mol. The lowest BCUT2D eigenvalue weighted by atomic mass is 10.0. The van der Waals surface area contributed by atoms with Crippen LogP contribution in [0.25, 0.3) is 10.9 Å². The molecule has 0 saturated carbocycles. The minimum atomic E-state index is -1.49. The fourth-order valence-corrected chi connectivity index (χ4v) is 6.35. The summed E-state index contributed by atoms with van der Waals surface area (Å²) in [5.74, 6) is -4.00. The number of fused-ring (bicyclic) bond motifs is 1. The third-order valence-corrected chi connectivity index (χ3v) is 9.81. The number of carbonyl (C=O) groups is 7. The van der Waals surface area contributed by atoms with E-state index in [9.17, 15) is 38.7 Å². The molecule has 12 N–H and O–H groups in total. The Hall–Kier alpha value is -5.46. The molecule has 3 aromatic rings. The summed E-state index contributed by atoms with van der Waals surface area (Å²) in [5, 5.41) is 26.7. The van der Waals surface area contributed by atoms with Gasteiger partial charge >= 0.3 is 0 Å². The van der Waals surface area contributed by atoms with Crippen LogP contribution < -0.4 is 43.4 Å². The highest BCUT2D eigenvalue weighted by Crippen LogP contribution is 2.20. The lowest BCUT2D eigenvalue weighted by Crippen LogP contribution is -2.60. The largest absolute Gasteiger partial charge is 0.391 e. The zero-order chi connectivity index (χ0) is 41.9. The Morgan fingerprint density at radius 3 is 2.02 bits per heavy atom. The maximum Gasteiger partial charge on any atom is 0.245 e. The number of aliphatic hydroxyl groups excluding tert-OH is 1. The van der Waals surface area contributed by atoms with Crippen molar-refractivity contribution in [3.63, 3.8) is 0 Å². The summed E-state index contributed by atoms with van der Waals surface area (Å²) < 4.78 is 0. The maximum atomic E-state index is 14.3. The van der Waals surface area contributed by atoms with E-state index in [0.717, 1.165) is 22.2 Å². The van der Waals surface area contributed by atoms with Crippen LogP contribution in [0, 0.1) is 0 Å². The molecule has 2 aromatic carbocycles. The summed E-state index contributed by atoms with van der Waals surface area (Å²) >= 11 is 1.40. The maximum absolute atomic E-state index is 14.3. The van der Waals surface area contributed by atoms with Gasteiger partial charge in [-0.05, 0) is 62.6 Å². The van der Waals surface area contributed by atoms with Crippen LogP contribution in [0.1, 0.15) is 51.2 Å². The Morgan fingerprint density at radius 2 is 1.37 bits per heavy atom. The Morgan fingerprint density at radius 1 is 0.754 bits per heavy atom. The first-order valence-corrected chi connectivity index (χ1v) is 20.0. The van der Waals surface area contributed by atoms with E-state index in [1.165, 1.54) is 25.6 Å². The van der Waals surface area contributed by atoms with Crippen LogP contribution >= 0.6 is 11.8 Å². The number of rotatable bonds is 24. The fraction of sp³-hybridized carbons (Fsp3) is 0.462. The average molecular weight is 810 g/mol. The Kier molecular flexibility index (Phi) is 19.0. The van der Waals surface area contributed by atoms with Crippen molar-refractivity contribution in [1.82, 2.24) is 36.9 Å². The van der Waals surface area contributed by atoms with Gasteiger partial charge in [0, 0.05) is 29.9 Å². The van der Waals surface area contributed by atoms with Crippen molar-refractivity contribution in [3.05, 3.63) is 71.9 Å². The molecule has 0 aliphatic heterocycles. The fourth-order valence-electron chi connectivity index (χ4n) is 5.88. The standard InChI is InChI=1S/C39H55N9O8S/c1-4-57-22-33(51)44-23(2)35(52)46-30(18-25-12-6-5-7-13-25)37(54)47-31(19-26-20-42-28-15-9-8-14-27(26)28)38(55)45-29(16-10-11-17-40)36(53)48-34(24(3)49)39(56)43-21-32(41)50/h5-9,12-15,20,23-24,29-31,34,42,49H,4,10-11,16-19,21-22,40H2,1-3H3,(H2,41,50)(H,43,56)(H,44,51)(H,45,55)(H,46,52)(H,47,54)(H,48,53)/t23-,24+,29-,30-,31+,34-/m0/s1. The number of aromatic nitrogens is 1. The molecule has 7 amide bonds. The van der Waals surface area contributed by atoms with Crippen molar-refractivity contribution < 1.29 is 38.7 Å². The van der Waals surface area contributed by atoms with Crippen LogP contribution in [0.15, 0.2) is 60.8 Å². The van der Waals surface area contributed by atoms with Crippen LogP contribution in [-0.2, 0) is 46.4 Å². The molecule has 0 aliphatic rings. The molecular formula is C39H55N9O8S. The van der Waals surface area contributed by atoms with E-state index in [2.05, 4.69) is 36.9 Å². The van der Waals surface area contributed by atoms with Gasteiger partial charge < -0.3 is 53.5 Å². The van der Waals surface area contributed by atoms with Crippen molar-refractivity contribution in [2.45, 2.75) is 89.2 Å². The number of benzene rings is 2. The number of hydrogen-bond acceptors (Lipinski definition) is 10. The van der Waals surface area contributed by atoms with Crippen LogP contribution in [0.3, 0.4) is 0 Å². The van der Waals surface area contributed by atoms with E-state index in [1.54, 1.807) is 30.5 Å². The van der Waals surface area contributed by atoms with Crippen molar-refractivity contribution in [2.24, 2.45) is 11.5 Å². The lowest BCUT2D eigenvalue weighted by molar-refractivity contribution is -0.136. The van der Waals surface area contributed by atoms with E-state index in [4.69, 9.17) is 11.5 Å². The van der Waals surface area contributed by atoms with Gasteiger partial charge in [0.15, 0.2) is 0 Å². The van der Waals surface area contributed by atoms with Crippen molar-refractivity contribution >= 4 is 64.0 Å². The Labute approximate surface area is 336 Å².